The Balaban J connectivity index is 3.36. The molecular weight excluding hydrogens is 364 g/mol. The average molecular weight is 405 g/mol. The zero-order valence-corrected chi connectivity index (χ0v) is 18.1. The van der Waals surface area contributed by atoms with Gasteiger partial charge in [-0.3, -0.25) is 4.55 Å². The molecule has 1 unspecified atom stereocenters. The molecule has 0 rings (SSSR count). The summed E-state index contributed by atoms with van der Waals surface area (Å²) in [7, 11) is -3.91. The van der Waals surface area contributed by atoms with Crippen LogP contribution in [0, 0.1) is 5.92 Å². The van der Waals surface area contributed by atoms with Crippen molar-refractivity contribution in [2.45, 2.75) is 103 Å². The van der Waals surface area contributed by atoms with Crippen LogP contribution in [-0.2, 0) is 19.6 Å². The van der Waals surface area contributed by atoms with E-state index in [1.807, 2.05) is 13.8 Å². The highest BCUT2D eigenvalue weighted by atomic mass is 32.2. The van der Waals surface area contributed by atoms with E-state index in [1.165, 1.54) is 51.0 Å². The van der Waals surface area contributed by atoms with Crippen LogP contribution in [0.1, 0.15) is 97.3 Å². The van der Waals surface area contributed by atoms with Gasteiger partial charge in [-0.15, -0.1) is 0 Å². The Morgan fingerprint density at radius 1 is 0.889 bits per heavy atom. The lowest BCUT2D eigenvalue weighted by molar-refractivity contribution is -0.137. The maximum Gasteiger partial charge on any atom is 0.330 e. The number of hydrogen-bond donors (Lipinski definition) is 1. The first-order valence-corrected chi connectivity index (χ1v) is 12.0. The molecule has 5 nitrogen and oxygen atoms in total. The van der Waals surface area contributed by atoms with E-state index in [0.717, 1.165) is 32.1 Å². The third-order valence-corrected chi connectivity index (χ3v) is 6.47. The van der Waals surface area contributed by atoms with Gasteiger partial charge in [0.1, 0.15) is 0 Å². The zero-order chi connectivity index (χ0) is 20.5. The van der Waals surface area contributed by atoms with Gasteiger partial charge in [0.2, 0.25) is 0 Å². The smallest absolute Gasteiger partial charge is 0.330 e. The van der Waals surface area contributed by atoms with Gasteiger partial charge in [-0.05, 0) is 18.8 Å². The minimum atomic E-state index is -3.91. The molecule has 0 spiro atoms. The highest BCUT2D eigenvalue weighted by molar-refractivity contribution is 7.86. The quantitative estimate of drug-likeness (QED) is 0.137. The number of esters is 1. The normalized spacial score (nSPS) is 12.9. The Morgan fingerprint density at radius 2 is 1.30 bits per heavy atom. The van der Waals surface area contributed by atoms with Crippen molar-refractivity contribution in [2.24, 2.45) is 5.92 Å². The van der Waals surface area contributed by atoms with E-state index in [-0.39, 0.29) is 11.9 Å². The van der Waals surface area contributed by atoms with Crippen LogP contribution in [0.25, 0.3) is 0 Å². The van der Waals surface area contributed by atoms with Crippen LogP contribution in [0.15, 0.2) is 12.7 Å². The summed E-state index contributed by atoms with van der Waals surface area (Å²) >= 11 is 0. The molecule has 1 atom stereocenters. The maximum absolute atomic E-state index is 11.3. The van der Waals surface area contributed by atoms with Crippen molar-refractivity contribution in [3.63, 3.8) is 0 Å². The second-order valence-electron chi connectivity index (χ2n) is 7.70. The molecule has 0 aliphatic rings. The fourth-order valence-corrected chi connectivity index (χ4v) is 4.43. The first kappa shape index (κ1) is 26.1. The Labute approximate surface area is 166 Å². The molecule has 0 amide bonds. The van der Waals surface area contributed by atoms with Gasteiger partial charge in [-0.2, -0.15) is 8.42 Å². The molecule has 6 heteroatoms. The Hall–Kier alpha value is -0.880. The van der Waals surface area contributed by atoms with Crippen molar-refractivity contribution in [3.05, 3.63) is 12.7 Å². The Kier molecular flexibility index (Phi) is 15.6. The first-order chi connectivity index (χ1) is 12.8. The second-order valence-corrected chi connectivity index (χ2v) is 9.34. The highest BCUT2D eigenvalue weighted by Crippen LogP contribution is 2.19. The summed E-state index contributed by atoms with van der Waals surface area (Å²) in [6, 6.07) is 0. The van der Waals surface area contributed by atoms with E-state index in [0.29, 0.717) is 13.0 Å². The molecular formula is C21H40O5S. The maximum atomic E-state index is 11.3. The summed E-state index contributed by atoms with van der Waals surface area (Å²) < 4.78 is 36.8. The molecule has 0 aromatic rings. The summed E-state index contributed by atoms with van der Waals surface area (Å²) in [5.41, 5.74) is 0. The summed E-state index contributed by atoms with van der Waals surface area (Å²) in [5.74, 6) is -0.379. The van der Waals surface area contributed by atoms with Gasteiger partial charge >= 0.3 is 5.97 Å². The molecule has 160 valence electrons. The number of ether oxygens (including phenoxy) is 1. The van der Waals surface area contributed by atoms with Crippen LogP contribution >= 0.6 is 0 Å². The van der Waals surface area contributed by atoms with Crippen molar-refractivity contribution >= 4 is 16.1 Å². The SMILES string of the molecule is C=CC(=O)OCCCCCCCCCCCCCCC(C(C)C)S(=O)(=O)O. The third-order valence-electron chi connectivity index (χ3n) is 4.92. The second kappa shape index (κ2) is 16.1. The minimum Gasteiger partial charge on any atom is -0.463 e. The molecule has 0 saturated carbocycles. The van der Waals surface area contributed by atoms with E-state index in [2.05, 4.69) is 6.58 Å². The van der Waals surface area contributed by atoms with E-state index < -0.39 is 15.4 Å². The number of carbonyl (C=O) groups excluding carboxylic acids is 1. The first-order valence-electron chi connectivity index (χ1n) is 10.5. The van der Waals surface area contributed by atoms with Gasteiger partial charge in [0.05, 0.1) is 11.9 Å². The van der Waals surface area contributed by atoms with Crippen LogP contribution in [-0.4, -0.2) is 30.8 Å². The lowest BCUT2D eigenvalue weighted by Crippen LogP contribution is -2.26. The zero-order valence-electron chi connectivity index (χ0n) is 17.3. The lowest BCUT2D eigenvalue weighted by atomic mass is 10.0. The average Bonchev–Trinajstić information content (AvgIpc) is 2.59. The van der Waals surface area contributed by atoms with Gasteiger partial charge in [-0.1, -0.05) is 91.1 Å². The van der Waals surface area contributed by atoms with E-state index in [1.54, 1.807) is 0 Å². The van der Waals surface area contributed by atoms with Gasteiger partial charge in [-0.25, -0.2) is 4.79 Å². The topological polar surface area (TPSA) is 80.7 Å². The molecule has 0 fully saturated rings. The Bertz CT molecular complexity index is 485. The fraction of sp³-hybridized carbons (Fsp3) is 0.857. The number of hydrogen-bond acceptors (Lipinski definition) is 4. The lowest BCUT2D eigenvalue weighted by Gasteiger charge is -2.17. The summed E-state index contributed by atoms with van der Waals surface area (Å²) in [6.45, 7) is 7.54. The largest absolute Gasteiger partial charge is 0.463 e. The van der Waals surface area contributed by atoms with Crippen molar-refractivity contribution in [2.75, 3.05) is 6.61 Å². The van der Waals surface area contributed by atoms with Crippen LogP contribution in [0.2, 0.25) is 0 Å². The fourth-order valence-electron chi connectivity index (χ4n) is 3.27. The summed E-state index contributed by atoms with van der Waals surface area (Å²) in [6.07, 6.45) is 15.5. The molecule has 27 heavy (non-hydrogen) atoms. The van der Waals surface area contributed by atoms with Gasteiger partial charge in [0, 0.05) is 6.08 Å². The van der Waals surface area contributed by atoms with Gasteiger partial charge in [0.25, 0.3) is 10.1 Å². The van der Waals surface area contributed by atoms with Crippen molar-refractivity contribution in [1.82, 2.24) is 0 Å². The molecule has 1 N–H and O–H groups in total. The summed E-state index contributed by atoms with van der Waals surface area (Å²) in [4.78, 5) is 10.9. The molecule has 0 bridgehead atoms. The number of unbranched alkanes of at least 4 members (excludes halogenated alkanes) is 11. The van der Waals surface area contributed by atoms with E-state index >= 15 is 0 Å². The molecule has 0 aliphatic heterocycles. The van der Waals surface area contributed by atoms with Gasteiger partial charge < -0.3 is 4.74 Å². The monoisotopic (exact) mass is 404 g/mol. The van der Waals surface area contributed by atoms with Crippen LogP contribution < -0.4 is 0 Å². The van der Waals surface area contributed by atoms with E-state index in [4.69, 9.17) is 4.74 Å². The minimum absolute atomic E-state index is 0.0397. The number of carbonyl (C=O) groups is 1. The Morgan fingerprint density at radius 3 is 1.67 bits per heavy atom. The predicted octanol–water partition coefficient (Wildman–Crippen LogP) is 5.70. The molecule has 0 aromatic heterocycles. The summed E-state index contributed by atoms with van der Waals surface area (Å²) in [5, 5.41) is -0.619. The van der Waals surface area contributed by atoms with Crippen molar-refractivity contribution in [1.29, 1.82) is 0 Å². The van der Waals surface area contributed by atoms with Crippen molar-refractivity contribution < 1.29 is 22.5 Å². The van der Waals surface area contributed by atoms with Crippen LogP contribution in [0.4, 0.5) is 0 Å². The highest BCUT2D eigenvalue weighted by Gasteiger charge is 2.25. The molecule has 0 heterocycles. The molecule has 0 aliphatic carbocycles. The van der Waals surface area contributed by atoms with Gasteiger partial charge in [0.15, 0.2) is 0 Å². The van der Waals surface area contributed by atoms with Crippen LogP contribution in [0.5, 0.6) is 0 Å². The molecule has 0 aromatic carbocycles. The predicted molar refractivity (Wildman–Crippen MR) is 111 cm³/mol. The molecule has 0 saturated heterocycles. The van der Waals surface area contributed by atoms with Crippen LogP contribution in [0.3, 0.4) is 0 Å². The molecule has 0 radical (unpaired) electrons. The standard InChI is InChI=1S/C21H40O5S/c1-4-21(22)26-18-16-14-12-10-8-6-5-7-9-11-13-15-17-20(19(2)3)27(23,24)25/h4,19-20H,1,5-18H2,2-3H3,(H,23,24,25). The number of rotatable bonds is 18. The van der Waals surface area contributed by atoms with E-state index in [9.17, 15) is 17.8 Å². The third kappa shape index (κ3) is 15.8. The van der Waals surface area contributed by atoms with Crippen molar-refractivity contribution in [3.8, 4) is 0 Å².